The van der Waals surface area contributed by atoms with E-state index in [4.69, 9.17) is 5.26 Å². The van der Waals surface area contributed by atoms with Crippen molar-refractivity contribution in [3.63, 3.8) is 0 Å². The van der Waals surface area contributed by atoms with Crippen molar-refractivity contribution in [3.05, 3.63) is 65.2 Å². The lowest BCUT2D eigenvalue weighted by Crippen LogP contribution is -2.24. The summed E-state index contributed by atoms with van der Waals surface area (Å²) in [4.78, 5) is 1.38. The van der Waals surface area contributed by atoms with E-state index in [2.05, 4.69) is 35.7 Å². The van der Waals surface area contributed by atoms with Crippen molar-refractivity contribution in [2.75, 3.05) is 5.75 Å². The number of hydrogen-bond donors (Lipinski definition) is 1. The Balaban J connectivity index is 1.75. The molecular formula is C17H16N2S. The van der Waals surface area contributed by atoms with Gasteiger partial charge in [-0.25, -0.2) is 0 Å². The van der Waals surface area contributed by atoms with E-state index in [0.29, 0.717) is 6.04 Å². The zero-order valence-electron chi connectivity index (χ0n) is 11.2. The lowest BCUT2D eigenvalue weighted by Gasteiger charge is -2.26. The van der Waals surface area contributed by atoms with Crippen molar-refractivity contribution in [2.45, 2.75) is 23.9 Å². The van der Waals surface area contributed by atoms with Crippen LogP contribution in [0.4, 0.5) is 0 Å². The first kappa shape index (κ1) is 13.2. The summed E-state index contributed by atoms with van der Waals surface area (Å²) < 4.78 is 0. The van der Waals surface area contributed by atoms with Crippen LogP contribution in [0, 0.1) is 11.3 Å². The fraction of sp³-hybridized carbons (Fsp3) is 0.235. The summed E-state index contributed by atoms with van der Waals surface area (Å²) >= 11 is 1.93. The van der Waals surface area contributed by atoms with Gasteiger partial charge in [0.2, 0.25) is 0 Å². The lowest BCUT2D eigenvalue weighted by molar-refractivity contribution is 0.509. The van der Waals surface area contributed by atoms with E-state index in [-0.39, 0.29) is 0 Å². The minimum Gasteiger partial charge on any atom is -0.306 e. The van der Waals surface area contributed by atoms with Gasteiger partial charge < -0.3 is 5.32 Å². The molecule has 0 saturated carbocycles. The molecule has 1 aliphatic rings. The Morgan fingerprint density at radius 3 is 2.85 bits per heavy atom. The Hall–Kier alpha value is -1.76. The molecule has 1 unspecified atom stereocenters. The maximum absolute atomic E-state index is 9.13. The molecule has 0 fully saturated rings. The fourth-order valence-electron chi connectivity index (χ4n) is 2.57. The molecule has 1 atom stereocenters. The zero-order valence-corrected chi connectivity index (χ0v) is 12.0. The number of nitriles is 1. The first-order valence-corrected chi connectivity index (χ1v) is 7.80. The van der Waals surface area contributed by atoms with Crippen molar-refractivity contribution in [2.24, 2.45) is 0 Å². The molecule has 0 bridgehead atoms. The van der Waals surface area contributed by atoms with Crippen LogP contribution in [0.25, 0.3) is 0 Å². The highest BCUT2D eigenvalue weighted by molar-refractivity contribution is 7.99. The lowest BCUT2D eigenvalue weighted by atomic mass is 10.0. The van der Waals surface area contributed by atoms with Gasteiger partial charge in [-0.15, -0.1) is 11.8 Å². The first-order chi connectivity index (χ1) is 9.88. The third-order valence-corrected chi connectivity index (χ3v) is 4.76. The molecule has 1 heterocycles. The van der Waals surface area contributed by atoms with E-state index >= 15 is 0 Å². The molecule has 0 radical (unpaired) electrons. The monoisotopic (exact) mass is 280 g/mol. The average Bonchev–Trinajstić information content (AvgIpc) is 2.53. The second kappa shape index (κ2) is 6.13. The second-order valence-electron chi connectivity index (χ2n) is 4.88. The number of thioether (sulfide) groups is 1. The number of nitrogens with one attached hydrogen (secondary N) is 1. The number of rotatable bonds is 3. The van der Waals surface area contributed by atoms with Crippen molar-refractivity contribution in [1.29, 1.82) is 5.26 Å². The minimum absolute atomic E-state index is 0.388. The maximum Gasteiger partial charge on any atom is 0.0995 e. The van der Waals surface area contributed by atoms with Gasteiger partial charge in [0.15, 0.2) is 0 Å². The molecular weight excluding hydrogens is 264 g/mol. The predicted molar refractivity (Wildman–Crippen MR) is 82.5 cm³/mol. The summed E-state index contributed by atoms with van der Waals surface area (Å²) in [5.74, 6) is 1.15. The highest BCUT2D eigenvalue weighted by Gasteiger charge is 2.19. The van der Waals surface area contributed by atoms with Crippen LogP contribution in [-0.4, -0.2) is 5.75 Å². The Kier molecular flexibility index (Phi) is 4.05. The molecule has 2 aromatic carbocycles. The molecule has 0 aromatic heterocycles. The molecule has 0 saturated heterocycles. The van der Waals surface area contributed by atoms with Crippen LogP contribution in [0.15, 0.2) is 53.4 Å². The number of fused-ring (bicyclic) bond motifs is 1. The SMILES string of the molecule is N#Cc1ccccc1CNC1CCSc2ccccc21. The molecule has 0 amide bonds. The Morgan fingerprint density at radius 2 is 1.95 bits per heavy atom. The summed E-state index contributed by atoms with van der Waals surface area (Å²) in [5, 5.41) is 12.7. The van der Waals surface area contributed by atoms with Crippen LogP contribution in [0.2, 0.25) is 0 Å². The Labute approximate surface area is 123 Å². The summed E-state index contributed by atoms with van der Waals surface area (Å²) in [5.41, 5.74) is 3.22. The maximum atomic E-state index is 9.13. The van der Waals surface area contributed by atoms with Gasteiger partial charge in [-0.2, -0.15) is 5.26 Å². The van der Waals surface area contributed by atoms with Crippen LogP contribution in [0.3, 0.4) is 0 Å². The molecule has 1 aliphatic heterocycles. The molecule has 20 heavy (non-hydrogen) atoms. The van der Waals surface area contributed by atoms with E-state index in [9.17, 15) is 0 Å². The van der Waals surface area contributed by atoms with Crippen molar-refractivity contribution < 1.29 is 0 Å². The molecule has 0 aliphatic carbocycles. The summed E-state index contributed by atoms with van der Waals surface area (Å²) in [6.07, 6.45) is 1.14. The van der Waals surface area contributed by atoms with Crippen LogP contribution >= 0.6 is 11.8 Å². The van der Waals surface area contributed by atoms with Crippen LogP contribution in [0.5, 0.6) is 0 Å². The van der Waals surface area contributed by atoms with Gasteiger partial charge in [-0.3, -0.25) is 0 Å². The van der Waals surface area contributed by atoms with Gasteiger partial charge in [-0.05, 0) is 35.4 Å². The van der Waals surface area contributed by atoms with E-state index in [1.807, 2.05) is 36.0 Å². The van der Waals surface area contributed by atoms with E-state index in [0.717, 1.165) is 29.8 Å². The van der Waals surface area contributed by atoms with E-state index in [1.165, 1.54) is 10.5 Å². The van der Waals surface area contributed by atoms with Gasteiger partial charge in [0.05, 0.1) is 11.6 Å². The average molecular weight is 280 g/mol. The quantitative estimate of drug-likeness (QED) is 0.926. The highest BCUT2D eigenvalue weighted by atomic mass is 32.2. The topological polar surface area (TPSA) is 35.8 Å². The highest BCUT2D eigenvalue weighted by Crippen LogP contribution is 2.35. The first-order valence-electron chi connectivity index (χ1n) is 6.81. The number of hydrogen-bond acceptors (Lipinski definition) is 3. The summed E-state index contributed by atoms with van der Waals surface area (Å²) in [6, 6.07) is 19.0. The van der Waals surface area contributed by atoms with Gasteiger partial charge in [0, 0.05) is 17.5 Å². The van der Waals surface area contributed by atoms with Crippen LogP contribution in [-0.2, 0) is 6.54 Å². The van der Waals surface area contributed by atoms with Crippen molar-refractivity contribution in [1.82, 2.24) is 5.32 Å². The van der Waals surface area contributed by atoms with Gasteiger partial charge in [0.1, 0.15) is 0 Å². The van der Waals surface area contributed by atoms with Crippen molar-refractivity contribution in [3.8, 4) is 6.07 Å². The molecule has 2 nitrogen and oxygen atoms in total. The molecule has 0 spiro atoms. The third kappa shape index (κ3) is 2.72. The van der Waals surface area contributed by atoms with E-state index < -0.39 is 0 Å². The Morgan fingerprint density at radius 1 is 1.15 bits per heavy atom. The number of nitrogens with zero attached hydrogens (tertiary/aromatic N) is 1. The zero-order chi connectivity index (χ0) is 13.8. The molecule has 3 heteroatoms. The predicted octanol–water partition coefficient (Wildman–Crippen LogP) is 3.88. The minimum atomic E-state index is 0.388. The molecule has 1 N–H and O–H groups in total. The van der Waals surface area contributed by atoms with E-state index in [1.54, 1.807) is 0 Å². The van der Waals surface area contributed by atoms with Crippen LogP contribution in [0.1, 0.15) is 29.2 Å². The molecule has 3 rings (SSSR count). The standard InChI is InChI=1S/C17H16N2S/c18-11-13-5-1-2-6-14(13)12-19-16-9-10-20-17-8-4-3-7-15(16)17/h1-8,16,19H,9-10,12H2. The summed E-state index contributed by atoms with van der Waals surface area (Å²) in [6.45, 7) is 0.743. The normalized spacial score (nSPS) is 17.2. The van der Waals surface area contributed by atoms with Gasteiger partial charge in [-0.1, -0.05) is 36.4 Å². The van der Waals surface area contributed by atoms with Crippen molar-refractivity contribution >= 4 is 11.8 Å². The Bertz CT molecular complexity index is 645. The van der Waals surface area contributed by atoms with Gasteiger partial charge in [0.25, 0.3) is 0 Å². The second-order valence-corrected chi connectivity index (χ2v) is 6.01. The number of benzene rings is 2. The van der Waals surface area contributed by atoms with Gasteiger partial charge >= 0.3 is 0 Å². The third-order valence-electron chi connectivity index (χ3n) is 3.64. The largest absolute Gasteiger partial charge is 0.306 e. The molecule has 2 aromatic rings. The summed E-state index contributed by atoms with van der Waals surface area (Å²) in [7, 11) is 0. The molecule has 100 valence electrons. The van der Waals surface area contributed by atoms with Crippen LogP contribution < -0.4 is 5.32 Å². The smallest absolute Gasteiger partial charge is 0.0995 e. The fourth-order valence-corrected chi connectivity index (χ4v) is 3.70.